The zero-order valence-electron chi connectivity index (χ0n) is 10.4. The summed E-state index contributed by atoms with van der Waals surface area (Å²) in [4.78, 5) is 0. The molecule has 0 saturated heterocycles. The Labute approximate surface area is 120 Å². The summed E-state index contributed by atoms with van der Waals surface area (Å²) in [5.74, 6) is -0.325. The first-order valence-corrected chi connectivity index (χ1v) is 6.39. The Hall–Kier alpha value is -2.33. The van der Waals surface area contributed by atoms with Crippen molar-refractivity contribution in [2.45, 2.75) is 0 Å². The molecule has 0 atom stereocenters. The number of para-hydroxylation sites is 1. The molecule has 0 bridgehead atoms. The van der Waals surface area contributed by atoms with Gasteiger partial charge in [-0.05, 0) is 24.3 Å². The lowest BCUT2D eigenvalue weighted by atomic mass is 10.1. The summed E-state index contributed by atoms with van der Waals surface area (Å²) < 4.78 is 14.9. The highest BCUT2D eigenvalue weighted by molar-refractivity contribution is 6.32. The maximum Gasteiger partial charge on any atom is 0.123 e. The molecule has 0 unspecified atom stereocenters. The van der Waals surface area contributed by atoms with Crippen molar-refractivity contribution in [1.29, 1.82) is 0 Å². The Morgan fingerprint density at radius 3 is 2.65 bits per heavy atom. The monoisotopic (exact) mass is 287 g/mol. The number of nitrogen functional groups attached to an aromatic ring is 1. The molecule has 20 heavy (non-hydrogen) atoms. The van der Waals surface area contributed by atoms with Gasteiger partial charge in [-0.3, -0.25) is 0 Å². The third-order valence-electron chi connectivity index (χ3n) is 2.94. The smallest absolute Gasteiger partial charge is 0.123 e. The van der Waals surface area contributed by atoms with Crippen LogP contribution in [0.3, 0.4) is 0 Å². The number of nitrogens with two attached hydrogens (primary N) is 1. The minimum Gasteiger partial charge on any atom is -0.396 e. The highest BCUT2D eigenvalue weighted by Gasteiger charge is 2.11. The number of hydrogen-bond donors (Lipinski definition) is 1. The maximum atomic E-state index is 13.3. The van der Waals surface area contributed by atoms with Gasteiger partial charge in [0.05, 0.1) is 22.6 Å². The van der Waals surface area contributed by atoms with E-state index in [2.05, 4.69) is 5.10 Å². The van der Waals surface area contributed by atoms with E-state index in [0.717, 1.165) is 5.69 Å². The van der Waals surface area contributed by atoms with Crippen molar-refractivity contribution in [3.63, 3.8) is 0 Å². The molecule has 0 radical (unpaired) electrons. The van der Waals surface area contributed by atoms with Gasteiger partial charge in [-0.2, -0.15) is 5.10 Å². The molecule has 1 aromatic heterocycles. The van der Waals surface area contributed by atoms with Crippen LogP contribution < -0.4 is 5.73 Å². The molecule has 1 heterocycles. The van der Waals surface area contributed by atoms with E-state index in [4.69, 9.17) is 17.3 Å². The zero-order valence-corrected chi connectivity index (χ0v) is 11.2. The van der Waals surface area contributed by atoms with Crippen LogP contribution in [0.1, 0.15) is 0 Å². The van der Waals surface area contributed by atoms with Crippen molar-refractivity contribution in [2.24, 2.45) is 0 Å². The molecule has 3 nitrogen and oxygen atoms in total. The van der Waals surface area contributed by atoms with E-state index in [1.165, 1.54) is 12.1 Å². The Morgan fingerprint density at radius 1 is 1.10 bits per heavy atom. The standard InChI is InChI=1S/C15H11ClFN3/c16-12-6-1-2-7-14(12)20-9-13(18)15(19-20)10-4-3-5-11(17)8-10/h1-9H,18H2. The van der Waals surface area contributed by atoms with Gasteiger partial charge in [-0.1, -0.05) is 35.9 Å². The summed E-state index contributed by atoms with van der Waals surface area (Å²) in [7, 11) is 0. The second-order valence-electron chi connectivity index (χ2n) is 4.34. The number of halogens is 2. The first-order chi connectivity index (χ1) is 9.65. The van der Waals surface area contributed by atoms with Crippen molar-refractivity contribution < 1.29 is 4.39 Å². The third kappa shape index (κ3) is 2.26. The van der Waals surface area contributed by atoms with Crippen molar-refractivity contribution >= 4 is 17.3 Å². The fourth-order valence-electron chi connectivity index (χ4n) is 2.01. The summed E-state index contributed by atoms with van der Waals surface area (Å²) in [6.07, 6.45) is 1.67. The molecule has 2 aromatic carbocycles. The molecule has 0 aliphatic carbocycles. The van der Waals surface area contributed by atoms with Gasteiger partial charge in [0, 0.05) is 5.56 Å². The Balaban J connectivity index is 2.10. The molecule has 0 spiro atoms. The highest BCUT2D eigenvalue weighted by atomic mass is 35.5. The molecule has 0 amide bonds. The van der Waals surface area contributed by atoms with Crippen LogP contribution in [-0.4, -0.2) is 9.78 Å². The number of rotatable bonds is 2. The van der Waals surface area contributed by atoms with Gasteiger partial charge in [0.2, 0.25) is 0 Å². The maximum absolute atomic E-state index is 13.3. The second-order valence-corrected chi connectivity index (χ2v) is 4.75. The van der Waals surface area contributed by atoms with Crippen LogP contribution in [0, 0.1) is 5.82 Å². The Morgan fingerprint density at radius 2 is 1.90 bits per heavy atom. The molecule has 0 saturated carbocycles. The van der Waals surface area contributed by atoms with E-state index in [0.29, 0.717) is 22.0 Å². The Kier molecular flexibility index (Phi) is 3.16. The molecule has 100 valence electrons. The lowest BCUT2D eigenvalue weighted by Crippen LogP contribution is -1.95. The van der Waals surface area contributed by atoms with E-state index in [1.807, 2.05) is 18.2 Å². The molecule has 3 rings (SSSR count). The SMILES string of the molecule is Nc1cn(-c2ccccc2Cl)nc1-c1cccc(F)c1. The average molecular weight is 288 g/mol. The quantitative estimate of drug-likeness (QED) is 0.776. The fourth-order valence-corrected chi connectivity index (χ4v) is 2.23. The van der Waals surface area contributed by atoms with E-state index in [-0.39, 0.29) is 5.82 Å². The predicted octanol–water partition coefficient (Wildman–Crippen LogP) is 3.91. The zero-order chi connectivity index (χ0) is 14.1. The van der Waals surface area contributed by atoms with Gasteiger partial charge in [0.15, 0.2) is 0 Å². The summed E-state index contributed by atoms with van der Waals surface area (Å²) in [6.45, 7) is 0. The molecule has 0 fully saturated rings. The molecule has 5 heteroatoms. The molecular formula is C15H11ClFN3. The number of nitrogens with zero attached hydrogens (tertiary/aromatic N) is 2. The van der Waals surface area contributed by atoms with Crippen molar-refractivity contribution in [2.75, 3.05) is 5.73 Å². The van der Waals surface area contributed by atoms with Gasteiger partial charge >= 0.3 is 0 Å². The van der Waals surface area contributed by atoms with Gasteiger partial charge < -0.3 is 5.73 Å². The van der Waals surface area contributed by atoms with Gasteiger partial charge in [0.25, 0.3) is 0 Å². The summed E-state index contributed by atoms with van der Waals surface area (Å²) >= 11 is 6.13. The van der Waals surface area contributed by atoms with Crippen LogP contribution in [0.15, 0.2) is 54.7 Å². The van der Waals surface area contributed by atoms with Gasteiger partial charge in [-0.15, -0.1) is 0 Å². The fraction of sp³-hybridized carbons (Fsp3) is 0. The lowest BCUT2D eigenvalue weighted by Gasteiger charge is -2.03. The number of aromatic nitrogens is 2. The minimum atomic E-state index is -0.325. The van der Waals surface area contributed by atoms with Crippen molar-refractivity contribution in [1.82, 2.24) is 9.78 Å². The van der Waals surface area contributed by atoms with Crippen LogP contribution in [0.2, 0.25) is 5.02 Å². The first-order valence-electron chi connectivity index (χ1n) is 6.01. The van der Waals surface area contributed by atoms with E-state index >= 15 is 0 Å². The largest absolute Gasteiger partial charge is 0.396 e. The first kappa shape index (κ1) is 12.7. The molecule has 0 aliphatic heterocycles. The highest BCUT2D eigenvalue weighted by Crippen LogP contribution is 2.27. The summed E-state index contributed by atoms with van der Waals surface area (Å²) in [6, 6.07) is 13.5. The van der Waals surface area contributed by atoms with Gasteiger partial charge in [-0.25, -0.2) is 9.07 Å². The number of anilines is 1. The second kappa shape index (κ2) is 4.98. The topological polar surface area (TPSA) is 43.8 Å². The summed E-state index contributed by atoms with van der Waals surface area (Å²) in [5.41, 5.74) is 8.32. The van der Waals surface area contributed by atoms with Crippen LogP contribution >= 0.6 is 11.6 Å². The third-order valence-corrected chi connectivity index (χ3v) is 3.26. The number of hydrogen-bond acceptors (Lipinski definition) is 2. The minimum absolute atomic E-state index is 0.325. The molecular weight excluding hydrogens is 277 g/mol. The Bertz CT molecular complexity index is 767. The van der Waals surface area contributed by atoms with E-state index in [1.54, 1.807) is 29.1 Å². The van der Waals surface area contributed by atoms with Crippen molar-refractivity contribution in [3.05, 3.63) is 65.6 Å². The lowest BCUT2D eigenvalue weighted by molar-refractivity contribution is 0.628. The summed E-state index contributed by atoms with van der Waals surface area (Å²) in [5, 5.41) is 4.96. The van der Waals surface area contributed by atoms with Crippen LogP contribution in [0.4, 0.5) is 10.1 Å². The average Bonchev–Trinajstić information content (AvgIpc) is 2.81. The van der Waals surface area contributed by atoms with Gasteiger partial charge in [0.1, 0.15) is 11.5 Å². The van der Waals surface area contributed by atoms with Crippen LogP contribution in [-0.2, 0) is 0 Å². The van der Waals surface area contributed by atoms with Crippen LogP contribution in [0.25, 0.3) is 16.9 Å². The number of benzene rings is 2. The van der Waals surface area contributed by atoms with Crippen molar-refractivity contribution in [3.8, 4) is 16.9 Å². The van der Waals surface area contributed by atoms with Crippen LogP contribution in [0.5, 0.6) is 0 Å². The van der Waals surface area contributed by atoms with E-state index < -0.39 is 0 Å². The predicted molar refractivity (Wildman–Crippen MR) is 78.4 cm³/mol. The molecule has 0 aliphatic rings. The van der Waals surface area contributed by atoms with E-state index in [9.17, 15) is 4.39 Å². The molecule has 3 aromatic rings. The normalized spacial score (nSPS) is 10.7. The molecule has 2 N–H and O–H groups in total.